The number of hydrogen-bond donors (Lipinski definition) is 2. The van der Waals surface area contributed by atoms with E-state index in [4.69, 9.17) is 0 Å². The molecule has 2 N–H and O–H groups in total. The Balaban J connectivity index is 2.40. The second-order valence-electron chi connectivity index (χ2n) is 5.98. The van der Waals surface area contributed by atoms with Gasteiger partial charge in [0.2, 0.25) is 0 Å². The first-order chi connectivity index (χ1) is 8.79. The first kappa shape index (κ1) is 15.7. The summed E-state index contributed by atoms with van der Waals surface area (Å²) in [5.41, 5.74) is 1.24. The molecule has 0 atom stereocenters. The van der Waals surface area contributed by atoms with Crippen molar-refractivity contribution in [3.05, 3.63) is 35.4 Å². The van der Waals surface area contributed by atoms with E-state index in [0.717, 1.165) is 12.8 Å². The molecule has 1 aromatic rings. The summed E-state index contributed by atoms with van der Waals surface area (Å²) in [5, 5.41) is 12.2. The van der Waals surface area contributed by atoms with Crippen LogP contribution in [0.4, 0.5) is 0 Å². The van der Waals surface area contributed by atoms with Gasteiger partial charge in [0.15, 0.2) is 0 Å². The summed E-state index contributed by atoms with van der Waals surface area (Å²) >= 11 is 0. The lowest BCUT2D eigenvalue weighted by Crippen LogP contribution is -2.42. The molecule has 19 heavy (non-hydrogen) atoms. The third kappa shape index (κ3) is 5.88. The van der Waals surface area contributed by atoms with Gasteiger partial charge in [0.05, 0.1) is 0 Å². The van der Waals surface area contributed by atoms with Crippen LogP contribution in [0.15, 0.2) is 24.3 Å². The molecule has 1 rings (SSSR count). The Morgan fingerprint density at radius 2 is 1.74 bits per heavy atom. The van der Waals surface area contributed by atoms with E-state index in [-0.39, 0.29) is 5.91 Å². The number of hydrogen-bond acceptors (Lipinski definition) is 2. The minimum absolute atomic E-state index is 0.330. The fourth-order valence-electron chi connectivity index (χ4n) is 1.85. The van der Waals surface area contributed by atoms with Gasteiger partial charge >= 0.3 is 0 Å². The highest BCUT2D eigenvalue weighted by atomic mass is 16.3. The van der Waals surface area contributed by atoms with Crippen molar-refractivity contribution in [3.63, 3.8) is 0 Å². The van der Waals surface area contributed by atoms with Crippen LogP contribution in [0.2, 0.25) is 0 Å². The predicted molar refractivity (Wildman–Crippen MR) is 78.0 cm³/mol. The zero-order valence-electron chi connectivity index (χ0n) is 12.4. The molecule has 1 aromatic carbocycles. The number of aliphatic hydroxyl groups is 1. The van der Waals surface area contributed by atoms with Crippen LogP contribution >= 0.6 is 0 Å². The molecule has 0 saturated carbocycles. The molecule has 0 bridgehead atoms. The maximum Gasteiger partial charge on any atom is 0.251 e. The van der Waals surface area contributed by atoms with Crippen molar-refractivity contribution < 1.29 is 9.90 Å². The lowest BCUT2D eigenvalue weighted by molar-refractivity contribution is -0.136. The summed E-state index contributed by atoms with van der Waals surface area (Å²) in [7, 11) is 0. The van der Waals surface area contributed by atoms with Crippen molar-refractivity contribution in [2.45, 2.75) is 46.1 Å². The third-order valence-electron chi connectivity index (χ3n) is 2.92. The predicted octanol–water partition coefficient (Wildman–Crippen LogP) is 2.31. The monoisotopic (exact) mass is 263 g/mol. The number of carbonyl (C=O) groups excluding carboxylic acids is 1. The number of nitrogens with one attached hydrogen (secondary N) is 1. The van der Waals surface area contributed by atoms with Crippen LogP contribution in [0.3, 0.4) is 0 Å². The summed E-state index contributed by atoms with van der Waals surface area (Å²) in [4.78, 5) is 11.5. The molecule has 106 valence electrons. The van der Waals surface area contributed by atoms with Crippen molar-refractivity contribution in [1.29, 1.82) is 0 Å². The maximum absolute atomic E-state index is 11.5. The Labute approximate surface area is 116 Å². The molecule has 0 aliphatic rings. The SMILES string of the molecule is CC(C)Cc1ccc(CCNC(=O)C(C)(C)O)cc1. The second-order valence-corrected chi connectivity index (χ2v) is 5.98. The number of benzene rings is 1. The zero-order valence-corrected chi connectivity index (χ0v) is 12.4. The molecule has 0 spiro atoms. The molecule has 0 heterocycles. The Morgan fingerprint density at radius 1 is 1.21 bits per heavy atom. The van der Waals surface area contributed by atoms with Gasteiger partial charge in [0.25, 0.3) is 5.91 Å². The highest BCUT2D eigenvalue weighted by molar-refractivity contribution is 5.83. The maximum atomic E-state index is 11.5. The van der Waals surface area contributed by atoms with Gasteiger partial charge in [-0.1, -0.05) is 38.1 Å². The average molecular weight is 263 g/mol. The van der Waals surface area contributed by atoms with E-state index in [1.54, 1.807) is 0 Å². The Kier molecular flexibility index (Phi) is 5.55. The van der Waals surface area contributed by atoms with Gasteiger partial charge in [0, 0.05) is 6.54 Å². The average Bonchev–Trinajstić information content (AvgIpc) is 2.29. The van der Waals surface area contributed by atoms with Crippen LogP contribution in [-0.4, -0.2) is 23.2 Å². The lowest BCUT2D eigenvalue weighted by Gasteiger charge is -2.16. The van der Waals surface area contributed by atoms with E-state index in [1.165, 1.54) is 25.0 Å². The normalized spacial score (nSPS) is 11.7. The van der Waals surface area contributed by atoms with Crippen LogP contribution in [0.5, 0.6) is 0 Å². The van der Waals surface area contributed by atoms with E-state index >= 15 is 0 Å². The molecule has 0 saturated heterocycles. The standard InChI is InChI=1S/C16H25NO2/c1-12(2)11-14-7-5-13(6-8-14)9-10-17-15(18)16(3,4)19/h5-8,12,19H,9-11H2,1-4H3,(H,17,18). The van der Waals surface area contributed by atoms with Gasteiger partial charge in [-0.05, 0) is 43.7 Å². The molecule has 0 aromatic heterocycles. The molecule has 0 aliphatic heterocycles. The van der Waals surface area contributed by atoms with E-state index in [9.17, 15) is 9.90 Å². The van der Waals surface area contributed by atoms with Gasteiger partial charge < -0.3 is 10.4 Å². The second kappa shape index (κ2) is 6.71. The van der Waals surface area contributed by atoms with E-state index in [0.29, 0.717) is 12.5 Å². The van der Waals surface area contributed by atoms with Crippen molar-refractivity contribution >= 4 is 5.91 Å². The molecule has 0 aliphatic carbocycles. The molecule has 0 unspecified atom stereocenters. The van der Waals surface area contributed by atoms with Crippen LogP contribution in [0.1, 0.15) is 38.8 Å². The minimum Gasteiger partial charge on any atom is -0.381 e. The molecule has 0 radical (unpaired) electrons. The third-order valence-corrected chi connectivity index (χ3v) is 2.92. The first-order valence-corrected chi connectivity index (χ1v) is 6.87. The largest absolute Gasteiger partial charge is 0.381 e. The molecular weight excluding hydrogens is 238 g/mol. The van der Waals surface area contributed by atoms with E-state index in [2.05, 4.69) is 43.4 Å². The van der Waals surface area contributed by atoms with Crippen LogP contribution in [-0.2, 0) is 17.6 Å². The summed E-state index contributed by atoms with van der Waals surface area (Å²) in [5.74, 6) is 0.334. The number of amides is 1. The summed E-state index contributed by atoms with van der Waals surface area (Å²) in [6.45, 7) is 7.94. The van der Waals surface area contributed by atoms with Crippen molar-refractivity contribution in [3.8, 4) is 0 Å². The van der Waals surface area contributed by atoms with Gasteiger partial charge in [-0.15, -0.1) is 0 Å². The molecule has 3 heteroatoms. The molecule has 0 fully saturated rings. The van der Waals surface area contributed by atoms with Crippen LogP contribution < -0.4 is 5.32 Å². The van der Waals surface area contributed by atoms with Gasteiger partial charge in [-0.25, -0.2) is 0 Å². The molecule has 3 nitrogen and oxygen atoms in total. The Morgan fingerprint density at radius 3 is 2.21 bits per heavy atom. The number of rotatable bonds is 6. The highest BCUT2D eigenvalue weighted by Gasteiger charge is 2.22. The van der Waals surface area contributed by atoms with Crippen molar-refractivity contribution in [1.82, 2.24) is 5.32 Å². The summed E-state index contributed by atoms with van der Waals surface area (Å²) in [6, 6.07) is 8.50. The fourth-order valence-corrected chi connectivity index (χ4v) is 1.85. The van der Waals surface area contributed by atoms with E-state index in [1.807, 2.05) is 0 Å². The van der Waals surface area contributed by atoms with Crippen LogP contribution in [0.25, 0.3) is 0 Å². The molecule has 1 amide bonds. The topological polar surface area (TPSA) is 49.3 Å². The van der Waals surface area contributed by atoms with Crippen molar-refractivity contribution in [2.75, 3.05) is 6.54 Å². The van der Waals surface area contributed by atoms with Gasteiger partial charge in [-0.2, -0.15) is 0 Å². The smallest absolute Gasteiger partial charge is 0.251 e. The van der Waals surface area contributed by atoms with Gasteiger partial charge in [-0.3, -0.25) is 4.79 Å². The quantitative estimate of drug-likeness (QED) is 0.827. The van der Waals surface area contributed by atoms with Crippen LogP contribution in [0, 0.1) is 5.92 Å². The molecular formula is C16H25NO2. The lowest BCUT2D eigenvalue weighted by atomic mass is 10.0. The minimum atomic E-state index is -1.30. The Hall–Kier alpha value is -1.35. The van der Waals surface area contributed by atoms with E-state index < -0.39 is 5.60 Å². The zero-order chi connectivity index (χ0) is 14.5. The first-order valence-electron chi connectivity index (χ1n) is 6.87. The summed E-state index contributed by atoms with van der Waals surface area (Å²) < 4.78 is 0. The summed E-state index contributed by atoms with van der Waals surface area (Å²) in [6.07, 6.45) is 1.87. The van der Waals surface area contributed by atoms with Crippen molar-refractivity contribution in [2.24, 2.45) is 5.92 Å². The highest BCUT2D eigenvalue weighted by Crippen LogP contribution is 2.10. The Bertz CT molecular complexity index is 402. The van der Waals surface area contributed by atoms with Gasteiger partial charge in [0.1, 0.15) is 5.60 Å². The number of carbonyl (C=O) groups is 1. The fraction of sp³-hybridized carbons (Fsp3) is 0.562.